The zero-order valence-electron chi connectivity index (χ0n) is 9.58. The first-order chi connectivity index (χ1) is 7.11. The standard InChI is InChI=1S/C11H20N2O2/c1-9(2)8-12-6-3-7-13-10(14)4-5-11(13)15/h9,12H,3-8H2,1-2H3. The van der Waals surface area contributed by atoms with Crippen molar-refractivity contribution in [2.45, 2.75) is 33.1 Å². The first-order valence-electron chi connectivity index (χ1n) is 5.65. The lowest BCUT2D eigenvalue weighted by molar-refractivity contribution is -0.138. The molecule has 1 rings (SSSR count). The highest BCUT2D eigenvalue weighted by Crippen LogP contribution is 2.11. The number of hydrogen-bond donors (Lipinski definition) is 1. The Morgan fingerprint density at radius 1 is 1.27 bits per heavy atom. The van der Waals surface area contributed by atoms with Gasteiger partial charge in [0.15, 0.2) is 0 Å². The van der Waals surface area contributed by atoms with Crippen LogP contribution in [0.15, 0.2) is 0 Å². The van der Waals surface area contributed by atoms with Crippen molar-refractivity contribution in [2.75, 3.05) is 19.6 Å². The van der Waals surface area contributed by atoms with E-state index < -0.39 is 0 Å². The highest BCUT2D eigenvalue weighted by atomic mass is 16.2. The summed E-state index contributed by atoms with van der Waals surface area (Å²) in [4.78, 5) is 23.9. The molecule has 0 saturated carbocycles. The molecule has 1 heterocycles. The van der Waals surface area contributed by atoms with Gasteiger partial charge in [0.2, 0.25) is 11.8 Å². The van der Waals surface area contributed by atoms with Gasteiger partial charge < -0.3 is 5.32 Å². The van der Waals surface area contributed by atoms with Crippen LogP contribution in [-0.2, 0) is 9.59 Å². The third-order valence-corrected chi connectivity index (χ3v) is 2.44. The summed E-state index contributed by atoms with van der Waals surface area (Å²) in [6.07, 6.45) is 1.65. The Balaban J connectivity index is 2.09. The molecule has 0 atom stereocenters. The Hall–Kier alpha value is -0.900. The van der Waals surface area contributed by atoms with Crippen LogP contribution >= 0.6 is 0 Å². The average molecular weight is 212 g/mol. The molecular weight excluding hydrogens is 192 g/mol. The van der Waals surface area contributed by atoms with Gasteiger partial charge in [-0.25, -0.2) is 0 Å². The third kappa shape index (κ3) is 4.00. The van der Waals surface area contributed by atoms with E-state index in [-0.39, 0.29) is 11.8 Å². The minimum Gasteiger partial charge on any atom is -0.316 e. The molecule has 0 aliphatic carbocycles. The van der Waals surface area contributed by atoms with E-state index in [1.54, 1.807) is 0 Å². The summed E-state index contributed by atoms with van der Waals surface area (Å²) in [6.45, 7) is 6.74. The van der Waals surface area contributed by atoms with Gasteiger partial charge in [-0.3, -0.25) is 14.5 Å². The molecule has 1 N–H and O–H groups in total. The van der Waals surface area contributed by atoms with Crippen molar-refractivity contribution in [3.05, 3.63) is 0 Å². The minimum absolute atomic E-state index is 0.0103. The zero-order valence-corrected chi connectivity index (χ0v) is 9.58. The molecule has 0 bridgehead atoms. The van der Waals surface area contributed by atoms with Crippen LogP contribution in [0.1, 0.15) is 33.1 Å². The molecule has 0 aromatic heterocycles. The number of carbonyl (C=O) groups is 2. The summed E-state index contributed by atoms with van der Waals surface area (Å²) in [5.41, 5.74) is 0. The van der Waals surface area contributed by atoms with E-state index in [0.717, 1.165) is 19.5 Å². The summed E-state index contributed by atoms with van der Waals surface area (Å²) in [7, 11) is 0. The SMILES string of the molecule is CC(C)CNCCCN1C(=O)CCC1=O. The molecule has 1 saturated heterocycles. The van der Waals surface area contributed by atoms with E-state index in [1.807, 2.05) is 0 Å². The van der Waals surface area contributed by atoms with Crippen molar-refractivity contribution in [3.63, 3.8) is 0 Å². The molecule has 4 heteroatoms. The molecule has 0 unspecified atom stereocenters. The molecule has 0 spiro atoms. The van der Waals surface area contributed by atoms with Crippen LogP contribution in [0.3, 0.4) is 0 Å². The normalized spacial score (nSPS) is 16.9. The molecule has 0 radical (unpaired) electrons. The Bertz CT molecular complexity index is 223. The maximum atomic E-state index is 11.2. The fourth-order valence-electron chi connectivity index (χ4n) is 1.63. The Morgan fingerprint density at radius 3 is 2.40 bits per heavy atom. The highest BCUT2D eigenvalue weighted by molar-refractivity contribution is 6.01. The molecule has 0 aromatic rings. The highest BCUT2D eigenvalue weighted by Gasteiger charge is 2.27. The second-order valence-electron chi connectivity index (χ2n) is 4.39. The predicted octanol–water partition coefficient (Wildman–Crippen LogP) is 0.771. The summed E-state index contributed by atoms with van der Waals surface area (Å²) < 4.78 is 0. The van der Waals surface area contributed by atoms with Crippen LogP contribution < -0.4 is 5.32 Å². The Morgan fingerprint density at radius 2 is 1.87 bits per heavy atom. The number of nitrogens with zero attached hydrogens (tertiary/aromatic N) is 1. The first-order valence-corrected chi connectivity index (χ1v) is 5.65. The van der Waals surface area contributed by atoms with E-state index in [0.29, 0.717) is 25.3 Å². The first kappa shape index (κ1) is 12.2. The third-order valence-electron chi connectivity index (χ3n) is 2.44. The van der Waals surface area contributed by atoms with Crippen LogP contribution in [0.25, 0.3) is 0 Å². The van der Waals surface area contributed by atoms with Gasteiger partial charge in [0, 0.05) is 19.4 Å². The van der Waals surface area contributed by atoms with Crippen LogP contribution in [-0.4, -0.2) is 36.3 Å². The monoisotopic (exact) mass is 212 g/mol. The largest absolute Gasteiger partial charge is 0.316 e. The van der Waals surface area contributed by atoms with Crippen molar-refractivity contribution in [1.82, 2.24) is 10.2 Å². The van der Waals surface area contributed by atoms with Gasteiger partial charge in [0.25, 0.3) is 0 Å². The number of likely N-dealkylation sites (tertiary alicyclic amines) is 1. The predicted molar refractivity (Wildman–Crippen MR) is 58.3 cm³/mol. The maximum Gasteiger partial charge on any atom is 0.229 e. The van der Waals surface area contributed by atoms with Crippen molar-refractivity contribution in [1.29, 1.82) is 0 Å². The molecule has 86 valence electrons. The summed E-state index contributed by atoms with van der Waals surface area (Å²) in [5, 5.41) is 3.29. The topological polar surface area (TPSA) is 49.4 Å². The van der Waals surface area contributed by atoms with Crippen molar-refractivity contribution < 1.29 is 9.59 Å². The van der Waals surface area contributed by atoms with Gasteiger partial charge >= 0.3 is 0 Å². The molecule has 1 aliphatic heterocycles. The Kier molecular flexibility index (Phi) is 4.75. The summed E-state index contributed by atoms with van der Waals surface area (Å²) in [5.74, 6) is 0.618. The second kappa shape index (κ2) is 5.85. The molecule has 4 nitrogen and oxygen atoms in total. The van der Waals surface area contributed by atoms with Gasteiger partial charge in [0.05, 0.1) is 0 Å². The van der Waals surface area contributed by atoms with Crippen LogP contribution in [0.2, 0.25) is 0 Å². The van der Waals surface area contributed by atoms with E-state index in [2.05, 4.69) is 19.2 Å². The molecule has 1 fully saturated rings. The minimum atomic E-state index is -0.0103. The lowest BCUT2D eigenvalue weighted by Gasteiger charge is -2.14. The number of carbonyl (C=O) groups excluding carboxylic acids is 2. The van der Waals surface area contributed by atoms with E-state index in [4.69, 9.17) is 0 Å². The lowest BCUT2D eigenvalue weighted by atomic mass is 10.2. The maximum absolute atomic E-state index is 11.2. The van der Waals surface area contributed by atoms with Gasteiger partial charge in [-0.15, -0.1) is 0 Å². The average Bonchev–Trinajstić information content (AvgIpc) is 2.47. The molecule has 1 aliphatic rings. The van der Waals surface area contributed by atoms with Crippen LogP contribution in [0, 0.1) is 5.92 Å². The summed E-state index contributed by atoms with van der Waals surface area (Å²) in [6, 6.07) is 0. The second-order valence-corrected chi connectivity index (χ2v) is 4.39. The van der Waals surface area contributed by atoms with E-state index in [1.165, 1.54) is 4.90 Å². The van der Waals surface area contributed by atoms with Crippen molar-refractivity contribution in [2.24, 2.45) is 5.92 Å². The quantitative estimate of drug-likeness (QED) is 0.522. The van der Waals surface area contributed by atoms with Crippen LogP contribution in [0.4, 0.5) is 0 Å². The molecular formula is C11H20N2O2. The number of imide groups is 1. The molecule has 15 heavy (non-hydrogen) atoms. The van der Waals surface area contributed by atoms with Gasteiger partial charge in [-0.05, 0) is 25.4 Å². The van der Waals surface area contributed by atoms with Crippen LogP contribution in [0.5, 0.6) is 0 Å². The lowest BCUT2D eigenvalue weighted by Crippen LogP contribution is -2.32. The number of rotatable bonds is 6. The number of nitrogens with one attached hydrogen (secondary N) is 1. The smallest absolute Gasteiger partial charge is 0.229 e. The Labute approximate surface area is 91.0 Å². The van der Waals surface area contributed by atoms with Gasteiger partial charge in [0.1, 0.15) is 0 Å². The molecule has 2 amide bonds. The summed E-state index contributed by atoms with van der Waals surface area (Å²) >= 11 is 0. The van der Waals surface area contributed by atoms with Crippen molar-refractivity contribution >= 4 is 11.8 Å². The fourth-order valence-corrected chi connectivity index (χ4v) is 1.63. The zero-order chi connectivity index (χ0) is 11.3. The number of amides is 2. The number of hydrogen-bond acceptors (Lipinski definition) is 3. The van der Waals surface area contributed by atoms with Crippen molar-refractivity contribution in [3.8, 4) is 0 Å². The van der Waals surface area contributed by atoms with E-state index in [9.17, 15) is 9.59 Å². The molecule has 0 aromatic carbocycles. The fraction of sp³-hybridized carbons (Fsp3) is 0.818. The van der Waals surface area contributed by atoms with Gasteiger partial charge in [-0.2, -0.15) is 0 Å². The van der Waals surface area contributed by atoms with Gasteiger partial charge in [-0.1, -0.05) is 13.8 Å². The van der Waals surface area contributed by atoms with E-state index >= 15 is 0 Å².